The molecule has 0 aliphatic carbocycles. The summed E-state index contributed by atoms with van der Waals surface area (Å²) in [5, 5.41) is 0. The average molecular weight is 194 g/mol. The van der Waals surface area contributed by atoms with Gasteiger partial charge in [0.25, 0.3) is 0 Å². The highest BCUT2D eigenvalue weighted by Crippen LogP contribution is 2.26. The van der Waals surface area contributed by atoms with Crippen molar-refractivity contribution in [3.63, 3.8) is 0 Å². The van der Waals surface area contributed by atoms with E-state index in [0.717, 1.165) is 16.3 Å². The van der Waals surface area contributed by atoms with Gasteiger partial charge in [0.1, 0.15) is 4.34 Å². The van der Waals surface area contributed by atoms with Crippen molar-refractivity contribution in [1.29, 1.82) is 0 Å². The monoisotopic (exact) mass is 194 g/mol. The number of para-hydroxylation sites is 1. The molecular weight excluding hydrogens is 186 g/mol. The van der Waals surface area contributed by atoms with Gasteiger partial charge in [-0.05, 0) is 25.0 Å². The molecule has 0 unspecified atom stereocenters. The highest BCUT2D eigenvalue weighted by molar-refractivity contribution is 7.82. The van der Waals surface area contributed by atoms with Crippen molar-refractivity contribution in [3.05, 3.63) is 30.7 Å². The first kappa shape index (κ1) is 8.08. The lowest BCUT2D eigenvalue weighted by molar-refractivity contribution is 1.24. The Balaban J connectivity index is 2.78. The summed E-state index contributed by atoms with van der Waals surface area (Å²) in [7, 11) is 0. The molecule has 0 aliphatic rings. The number of rotatable bonds is 1. The van der Waals surface area contributed by atoms with E-state index in [-0.39, 0.29) is 0 Å². The second-order valence-corrected chi connectivity index (χ2v) is 4.27. The van der Waals surface area contributed by atoms with Crippen molar-refractivity contribution in [2.75, 3.05) is 0 Å². The van der Waals surface area contributed by atoms with Crippen LogP contribution in [0.4, 0.5) is 0 Å². The molecule has 3 heteroatoms. The zero-order valence-electron chi connectivity index (χ0n) is 6.45. The number of nitrogens with zero attached hydrogens (tertiary/aromatic N) is 1. The summed E-state index contributed by atoms with van der Waals surface area (Å²) in [6, 6.07) is 6.16. The van der Waals surface area contributed by atoms with Crippen molar-refractivity contribution in [1.82, 2.24) is 4.98 Å². The first-order valence-corrected chi connectivity index (χ1v) is 4.94. The van der Waals surface area contributed by atoms with Crippen molar-refractivity contribution in [2.45, 2.75) is 10.8 Å². The molecular formula is C9H8NS2. The van der Waals surface area contributed by atoms with E-state index >= 15 is 0 Å². The molecule has 2 rings (SSSR count). The molecule has 0 atom stereocenters. The third kappa shape index (κ3) is 1.23. The fourth-order valence-electron chi connectivity index (χ4n) is 1.20. The van der Waals surface area contributed by atoms with Gasteiger partial charge in [-0.2, -0.15) is 0 Å². The molecule has 0 bridgehead atoms. The summed E-state index contributed by atoms with van der Waals surface area (Å²) >= 11 is 5.82. The quantitative estimate of drug-likeness (QED) is 0.689. The van der Waals surface area contributed by atoms with E-state index in [1.165, 1.54) is 10.3 Å². The number of hydrogen-bond acceptors (Lipinski definition) is 3. The number of thiazole rings is 1. The largest absolute Gasteiger partial charge is 0.230 e. The molecule has 12 heavy (non-hydrogen) atoms. The van der Waals surface area contributed by atoms with E-state index in [4.69, 9.17) is 0 Å². The standard InChI is InChI=1S/C9H8NS2/c1-2-6-4-3-5-7-8(6)10-9(11)12-7/h3-5H,1-2H2,(H,10,11). The number of thiol groups is 1. The smallest absolute Gasteiger partial charge is 0.148 e. The van der Waals surface area contributed by atoms with Gasteiger partial charge >= 0.3 is 0 Å². The minimum absolute atomic E-state index is 0.786. The first-order valence-electron chi connectivity index (χ1n) is 3.68. The van der Waals surface area contributed by atoms with E-state index < -0.39 is 0 Å². The Hall–Kier alpha value is -0.540. The second kappa shape index (κ2) is 3.07. The Bertz CT molecular complexity index is 406. The van der Waals surface area contributed by atoms with Crippen LogP contribution in [-0.2, 0) is 6.42 Å². The Labute approximate surface area is 80.9 Å². The summed E-state index contributed by atoms with van der Waals surface area (Å²) in [5.41, 5.74) is 2.26. The van der Waals surface area contributed by atoms with Gasteiger partial charge in [0.15, 0.2) is 0 Å². The lowest BCUT2D eigenvalue weighted by Gasteiger charge is -1.94. The number of benzene rings is 1. The fraction of sp³-hybridized carbons (Fsp3) is 0.111. The minimum Gasteiger partial charge on any atom is -0.230 e. The van der Waals surface area contributed by atoms with Crippen molar-refractivity contribution < 1.29 is 0 Å². The minimum atomic E-state index is 0.786. The lowest BCUT2D eigenvalue weighted by Crippen LogP contribution is -1.81. The SMILES string of the molecule is [CH2]Cc1cccc2sc(S)nc12. The Morgan fingerprint density at radius 1 is 1.50 bits per heavy atom. The molecule has 1 aromatic heterocycles. The van der Waals surface area contributed by atoms with Crippen LogP contribution in [0.5, 0.6) is 0 Å². The van der Waals surface area contributed by atoms with Gasteiger partial charge in [-0.1, -0.05) is 12.1 Å². The van der Waals surface area contributed by atoms with Gasteiger partial charge in [0.2, 0.25) is 0 Å². The molecule has 0 saturated carbocycles. The van der Waals surface area contributed by atoms with Crippen molar-refractivity contribution in [2.24, 2.45) is 0 Å². The van der Waals surface area contributed by atoms with Crippen LogP contribution in [0.1, 0.15) is 5.56 Å². The van der Waals surface area contributed by atoms with Crippen molar-refractivity contribution >= 4 is 34.2 Å². The maximum Gasteiger partial charge on any atom is 0.148 e. The van der Waals surface area contributed by atoms with Crippen LogP contribution < -0.4 is 0 Å². The summed E-state index contributed by atoms with van der Waals surface area (Å²) in [4.78, 5) is 4.33. The van der Waals surface area contributed by atoms with Crippen LogP contribution in [0.15, 0.2) is 22.5 Å². The zero-order chi connectivity index (χ0) is 8.55. The van der Waals surface area contributed by atoms with Crippen LogP contribution >= 0.6 is 24.0 Å². The molecule has 0 saturated heterocycles. The third-order valence-corrected chi connectivity index (χ3v) is 2.96. The molecule has 61 valence electrons. The molecule has 0 N–H and O–H groups in total. The molecule has 0 fully saturated rings. The number of aromatic nitrogens is 1. The molecule has 1 heterocycles. The van der Waals surface area contributed by atoms with Gasteiger partial charge in [-0.3, -0.25) is 0 Å². The lowest BCUT2D eigenvalue weighted by atomic mass is 10.1. The van der Waals surface area contributed by atoms with Crippen LogP contribution in [-0.4, -0.2) is 4.98 Å². The summed E-state index contributed by atoms with van der Waals surface area (Å²) < 4.78 is 2.02. The number of fused-ring (bicyclic) bond motifs is 1. The molecule has 1 nitrogen and oxygen atoms in total. The van der Waals surface area contributed by atoms with E-state index in [9.17, 15) is 0 Å². The predicted molar refractivity (Wildman–Crippen MR) is 55.9 cm³/mol. The highest BCUT2D eigenvalue weighted by atomic mass is 32.2. The Morgan fingerprint density at radius 3 is 3.08 bits per heavy atom. The topological polar surface area (TPSA) is 12.9 Å². The molecule has 0 amide bonds. The maximum absolute atomic E-state index is 4.33. The maximum atomic E-state index is 4.33. The van der Waals surface area contributed by atoms with E-state index in [1.54, 1.807) is 11.3 Å². The Morgan fingerprint density at radius 2 is 2.33 bits per heavy atom. The Kier molecular flexibility index (Phi) is 2.07. The van der Waals surface area contributed by atoms with Gasteiger partial charge in [-0.15, -0.1) is 24.0 Å². The molecule has 0 spiro atoms. The molecule has 0 aliphatic heterocycles. The summed E-state index contributed by atoms with van der Waals surface area (Å²) in [6.07, 6.45) is 0.786. The van der Waals surface area contributed by atoms with E-state index in [0.29, 0.717) is 0 Å². The predicted octanol–water partition coefficient (Wildman–Crippen LogP) is 2.96. The third-order valence-electron chi connectivity index (χ3n) is 1.76. The fourth-order valence-corrected chi connectivity index (χ4v) is 2.34. The van der Waals surface area contributed by atoms with Crippen molar-refractivity contribution in [3.8, 4) is 0 Å². The normalized spacial score (nSPS) is 10.8. The van der Waals surface area contributed by atoms with Gasteiger partial charge in [-0.25, -0.2) is 4.98 Å². The van der Waals surface area contributed by atoms with Gasteiger partial charge in [0, 0.05) is 0 Å². The zero-order valence-corrected chi connectivity index (χ0v) is 8.16. The van der Waals surface area contributed by atoms with Gasteiger partial charge in [0.05, 0.1) is 10.2 Å². The van der Waals surface area contributed by atoms with E-state index in [2.05, 4.69) is 36.7 Å². The first-order chi connectivity index (χ1) is 5.81. The van der Waals surface area contributed by atoms with Crippen LogP contribution in [0, 0.1) is 6.92 Å². The van der Waals surface area contributed by atoms with Gasteiger partial charge < -0.3 is 0 Å². The van der Waals surface area contributed by atoms with Crippen LogP contribution in [0.3, 0.4) is 0 Å². The van der Waals surface area contributed by atoms with E-state index in [1.807, 2.05) is 6.07 Å². The van der Waals surface area contributed by atoms with Crippen LogP contribution in [0.25, 0.3) is 10.2 Å². The highest BCUT2D eigenvalue weighted by Gasteiger charge is 2.03. The van der Waals surface area contributed by atoms with Crippen LogP contribution in [0.2, 0.25) is 0 Å². The second-order valence-electron chi connectivity index (χ2n) is 2.51. The molecule has 1 radical (unpaired) electrons. The summed E-state index contributed by atoms with van der Waals surface area (Å²) in [6.45, 7) is 3.86. The average Bonchev–Trinajstić information content (AvgIpc) is 2.44. The summed E-state index contributed by atoms with van der Waals surface area (Å²) in [5.74, 6) is 0. The number of hydrogen-bond donors (Lipinski definition) is 1. The molecule has 1 aromatic carbocycles. The molecule has 2 aromatic rings.